The third-order valence-electron chi connectivity index (χ3n) is 4.07. The van der Waals surface area contributed by atoms with Gasteiger partial charge in [-0.05, 0) is 18.7 Å². The number of hydrogen-bond acceptors (Lipinski definition) is 3. The standard InChI is InChI=1S/C16H22N4/c1-18-10-11-20(12-15-8-9-19(2)17-15)13-16(18)14-6-4-3-5-7-14/h3-9,16H,10-13H2,1-2H3/t16-/m1/s1. The number of aryl methyl sites for hydroxylation is 1. The first-order valence-electron chi connectivity index (χ1n) is 7.18. The Balaban J connectivity index is 1.70. The summed E-state index contributed by atoms with van der Waals surface area (Å²) in [6.07, 6.45) is 2.01. The van der Waals surface area contributed by atoms with Gasteiger partial charge >= 0.3 is 0 Å². The number of hydrogen-bond donors (Lipinski definition) is 0. The van der Waals surface area contributed by atoms with Crippen molar-refractivity contribution in [2.75, 3.05) is 26.7 Å². The molecule has 0 saturated carbocycles. The maximum atomic E-state index is 4.48. The third kappa shape index (κ3) is 2.92. The van der Waals surface area contributed by atoms with Crippen molar-refractivity contribution >= 4 is 0 Å². The Bertz CT molecular complexity index is 549. The number of nitrogens with zero attached hydrogens (tertiary/aromatic N) is 4. The predicted molar refractivity (Wildman–Crippen MR) is 80.3 cm³/mol. The highest BCUT2D eigenvalue weighted by Crippen LogP contribution is 2.24. The van der Waals surface area contributed by atoms with Crippen molar-refractivity contribution in [3.05, 3.63) is 53.9 Å². The second kappa shape index (κ2) is 5.77. The predicted octanol–water partition coefficient (Wildman–Crippen LogP) is 1.91. The smallest absolute Gasteiger partial charge is 0.0764 e. The summed E-state index contributed by atoms with van der Waals surface area (Å²) in [6.45, 7) is 4.22. The molecule has 1 aliphatic rings. The van der Waals surface area contributed by atoms with Crippen LogP contribution >= 0.6 is 0 Å². The SMILES string of the molecule is CN1CCN(Cc2ccn(C)n2)C[C@@H]1c1ccccc1. The minimum atomic E-state index is 0.480. The van der Waals surface area contributed by atoms with Gasteiger partial charge in [0, 0.05) is 45.5 Å². The Morgan fingerprint density at radius 1 is 1.10 bits per heavy atom. The molecule has 4 nitrogen and oxygen atoms in total. The van der Waals surface area contributed by atoms with Gasteiger partial charge in [0.15, 0.2) is 0 Å². The Hall–Kier alpha value is -1.65. The average molecular weight is 270 g/mol. The molecule has 1 saturated heterocycles. The van der Waals surface area contributed by atoms with Crippen LogP contribution in [-0.4, -0.2) is 46.3 Å². The Kier molecular flexibility index (Phi) is 3.85. The van der Waals surface area contributed by atoms with Crippen molar-refractivity contribution in [3.8, 4) is 0 Å². The molecule has 1 aromatic carbocycles. The molecule has 0 aliphatic carbocycles. The average Bonchev–Trinajstić information content (AvgIpc) is 2.87. The van der Waals surface area contributed by atoms with Crippen LogP contribution in [0.3, 0.4) is 0 Å². The Morgan fingerprint density at radius 2 is 1.90 bits per heavy atom. The van der Waals surface area contributed by atoms with Crippen LogP contribution in [0, 0.1) is 0 Å². The minimum Gasteiger partial charge on any atom is -0.297 e. The molecule has 20 heavy (non-hydrogen) atoms. The summed E-state index contributed by atoms with van der Waals surface area (Å²) < 4.78 is 1.88. The van der Waals surface area contributed by atoms with Crippen LogP contribution < -0.4 is 0 Å². The molecular formula is C16H22N4. The lowest BCUT2D eigenvalue weighted by molar-refractivity contribution is 0.0895. The van der Waals surface area contributed by atoms with E-state index in [1.54, 1.807) is 0 Å². The zero-order valence-electron chi connectivity index (χ0n) is 12.2. The van der Waals surface area contributed by atoms with Gasteiger partial charge in [-0.25, -0.2) is 0 Å². The largest absolute Gasteiger partial charge is 0.297 e. The number of rotatable bonds is 3. The van der Waals surface area contributed by atoms with Crippen molar-refractivity contribution < 1.29 is 0 Å². The summed E-state index contributed by atoms with van der Waals surface area (Å²) in [7, 11) is 4.19. The zero-order chi connectivity index (χ0) is 13.9. The van der Waals surface area contributed by atoms with Crippen molar-refractivity contribution in [2.45, 2.75) is 12.6 Å². The van der Waals surface area contributed by atoms with Crippen molar-refractivity contribution in [1.29, 1.82) is 0 Å². The van der Waals surface area contributed by atoms with Crippen LogP contribution in [-0.2, 0) is 13.6 Å². The fourth-order valence-corrected chi connectivity index (χ4v) is 2.89. The molecule has 1 aliphatic heterocycles. The number of aromatic nitrogens is 2. The highest BCUT2D eigenvalue weighted by atomic mass is 15.3. The highest BCUT2D eigenvalue weighted by Gasteiger charge is 2.25. The van der Waals surface area contributed by atoms with Gasteiger partial charge in [0.2, 0.25) is 0 Å². The number of likely N-dealkylation sites (N-methyl/N-ethyl adjacent to an activating group) is 1. The van der Waals surface area contributed by atoms with E-state index < -0.39 is 0 Å². The Morgan fingerprint density at radius 3 is 2.60 bits per heavy atom. The van der Waals surface area contributed by atoms with Gasteiger partial charge in [-0.1, -0.05) is 30.3 Å². The summed E-state index contributed by atoms with van der Waals surface area (Å²) in [5.41, 5.74) is 2.56. The molecule has 106 valence electrons. The topological polar surface area (TPSA) is 24.3 Å². The van der Waals surface area contributed by atoms with E-state index in [1.165, 1.54) is 5.56 Å². The second-order valence-electron chi connectivity index (χ2n) is 5.62. The third-order valence-corrected chi connectivity index (χ3v) is 4.07. The zero-order valence-corrected chi connectivity index (χ0v) is 12.2. The molecule has 1 aromatic heterocycles. The van der Waals surface area contributed by atoms with Crippen LogP contribution in [0.25, 0.3) is 0 Å². The van der Waals surface area contributed by atoms with Crippen LogP contribution in [0.1, 0.15) is 17.3 Å². The maximum Gasteiger partial charge on any atom is 0.0764 e. The first-order chi connectivity index (χ1) is 9.72. The molecular weight excluding hydrogens is 248 g/mol. The van der Waals surface area contributed by atoms with Crippen LogP contribution in [0.4, 0.5) is 0 Å². The molecule has 1 atom stereocenters. The van der Waals surface area contributed by atoms with Crippen LogP contribution in [0.2, 0.25) is 0 Å². The lowest BCUT2D eigenvalue weighted by Crippen LogP contribution is -2.46. The lowest BCUT2D eigenvalue weighted by Gasteiger charge is -2.39. The molecule has 0 unspecified atom stereocenters. The molecule has 0 N–H and O–H groups in total. The quantitative estimate of drug-likeness (QED) is 0.851. The van der Waals surface area contributed by atoms with Gasteiger partial charge in [0.1, 0.15) is 0 Å². The van der Waals surface area contributed by atoms with Crippen LogP contribution in [0.15, 0.2) is 42.6 Å². The summed E-state index contributed by atoms with van der Waals surface area (Å²) in [5.74, 6) is 0. The number of benzene rings is 1. The maximum absolute atomic E-state index is 4.48. The first kappa shape index (κ1) is 13.3. The van der Waals surface area contributed by atoms with Gasteiger partial charge in [-0.3, -0.25) is 14.5 Å². The summed E-state index contributed by atoms with van der Waals surface area (Å²) in [4.78, 5) is 4.95. The molecule has 0 spiro atoms. The second-order valence-corrected chi connectivity index (χ2v) is 5.62. The van der Waals surface area contributed by atoms with Crippen molar-refractivity contribution in [3.63, 3.8) is 0 Å². The minimum absolute atomic E-state index is 0.480. The van der Waals surface area contributed by atoms with Gasteiger partial charge in [-0.2, -0.15) is 5.10 Å². The molecule has 2 aromatic rings. The molecule has 1 fully saturated rings. The van der Waals surface area contributed by atoms with Gasteiger partial charge < -0.3 is 0 Å². The number of piperazine rings is 1. The highest BCUT2D eigenvalue weighted by molar-refractivity contribution is 5.20. The van der Waals surface area contributed by atoms with E-state index in [4.69, 9.17) is 0 Å². The van der Waals surface area contributed by atoms with Crippen molar-refractivity contribution in [1.82, 2.24) is 19.6 Å². The lowest BCUT2D eigenvalue weighted by atomic mass is 10.0. The van der Waals surface area contributed by atoms with Gasteiger partial charge in [0.25, 0.3) is 0 Å². The van der Waals surface area contributed by atoms with Crippen molar-refractivity contribution in [2.24, 2.45) is 7.05 Å². The fraction of sp³-hybridized carbons (Fsp3) is 0.438. The molecule has 3 rings (SSSR count). The van der Waals surface area contributed by atoms with E-state index in [0.29, 0.717) is 6.04 Å². The molecule has 2 heterocycles. The monoisotopic (exact) mass is 270 g/mol. The Labute approximate surface area is 120 Å². The summed E-state index contributed by atoms with van der Waals surface area (Å²) >= 11 is 0. The van der Waals surface area contributed by atoms with E-state index in [-0.39, 0.29) is 0 Å². The van der Waals surface area contributed by atoms with Gasteiger partial charge in [-0.15, -0.1) is 0 Å². The molecule has 0 amide bonds. The molecule has 4 heteroatoms. The van der Waals surface area contributed by atoms with Crippen LogP contribution in [0.5, 0.6) is 0 Å². The summed E-state index contributed by atoms with van der Waals surface area (Å²) in [6, 6.07) is 13.4. The normalized spacial score (nSPS) is 21.2. The van der Waals surface area contributed by atoms with Gasteiger partial charge in [0.05, 0.1) is 5.69 Å². The fourth-order valence-electron chi connectivity index (χ4n) is 2.89. The van der Waals surface area contributed by atoms with E-state index in [2.05, 4.69) is 58.3 Å². The first-order valence-corrected chi connectivity index (χ1v) is 7.18. The van der Waals surface area contributed by atoms with E-state index in [0.717, 1.165) is 31.9 Å². The summed E-state index contributed by atoms with van der Waals surface area (Å²) in [5, 5.41) is 4.48. The van der Waals surface area contributed by atoms with E-state index in [9.17, 15) is 0 Å². The molecule has 0 radical (unpaired) electrons. The van der Waals surface area contributed by atoms with E-state index in [1.807, 2.05) is 17.9 Å². The molecule has 0 bridgehead atoms. The van der Waals surface area contributed by atoms with E-state index >= 15 is 0 Å².